The molecule has 1 aliphatic carbocycles. The summed E-state index contributed by atoms with van der Waals surface area (Å²) in [6, 6.07) is 7.82. The van der Waals surface area contributed by atoms with Gasteiger partial charge in [-0.25, -0.2) is 0 Å². The Morgan fingerprint density at radius 3 is 2.48 bits per heavy atom. The van der Waals surface area contributed by atoms with Gasteiger partial charge in [-0.2, -0.15) is 0 Å². The summed E-state index contributed by atoms with van der Waals surface area (Å²) < 4.78 is 0. The molecule has 0 radical (unpaired) electrons. The Bertz CT molecular complexity index is 681. The van der Waals surface area contributed by atoms with E-state index in [1.165, 1.54) is 0 Å². The molecular formula is C19H24N2O4. The van der Waals surface area contributed by atoms with Crippen LogP contribution in [0.1, 0.15) is 31.7 Å². The molecule has 1 aromatic carbocycles. The van der Waals surface area contributed by atoms with E-state index in [1.54, 1.807) is 16.7 Å². The second-order valence-corrected chi connectivity index (χ2v) is 7.20. The monoisotopic (exact) mass is 344 g/mol. The molecule has 2 fully saturated rings. The van der Waals surface area contributed by atoms with Gasteiger partial charge in [0.1, 0.15) is 0 Å². The van der Waals surface area contributed by atoms with Crippen molar-refractivity contribution in [3.05, 3.63) is 29.8 Å². The fourth-order valence-corrected chi connectivity index (χ4v) is 3.26. The van der Waals surface area contributed by atoms with Crippen LogP contribution in [0.2, 0.25) is 0 Å². The first kappa shape index (κ1) is 17.5. The van der Waals surface area contributed by atoms with Crippen molar-refractivity contribution in [1.29, 1.82) is 0 Å². The number of carbonyl (C=O) groups is 3. The van der Waals surface area contributed by atoms with Crippen LogP contribution >= 0.6 is 0 Å². The highest BCUT2D eigenvalue weighted by molar-refractivity contribution is 6.00. The number of anilines is 1. The third kappa shape index (κ3) is 3.83. The molecule has 2 unspecified atom stereocenters. The fraction of sp³-hybridized carbons (Fsp3) is 0.526. The van der Waals surface area contributed by atoms with E-state index in [1.807, 2.05) is 31.2 Å². The lowest BCUT2D eigenvalue weighted by Gasteiger charge is -2.27. The summed E-state index contributed by atoms with van der Waals surface area (Å²) in [6.45, 7) is 4.18. The van der Waals surface area contributed by atoms with Crippen LogP contribution in [0.15, 0.2) is 24.3 Å². The predicted octanol–water partition coefficient (Wildman–Crippen LogP) is 2.06. The van der Waals surface area contributed by atoms with Crippen LogP contribution in [-0.4, -0.2) is 46.9 Å². The third-order valence-electron chi connectivity index (χ3n) is 4.98. The molecule has 2 atom stereocenters. The molecule has 0 aromatic heterocycles. The zero-order valence-electron chi connectivity index (χ0n) is 14.6. The Morgan fingerprint density at radius 1 is 1.28 bits per heavy atom. The molecule has 1 heterocycles. The number of rotatable bonds is 6. The molecule has 1 saturated carbocycles. The van der Waals surface area contributed by atoms with Crippen LogP contribution < -0.4 is 4.90 Å². The van der Waals surface area contributed by atoms with Gasteiger partial charge in [0.2, 0.25) is 11.8 Å². The van der Waals surface area contributed by atoms with Crippen LogP contribution in [0.25, 0.3) is 0 Å². The molecule has 2 amide bonds. The van der Waals surface area contributed by atoms with Crippen molar-refractivity contribution in [3.8, 4) is 0 Å². The minimum atomic E-state index is -0.901. The van der Waals surface area contributed by atoms with E-state index in [0.717, 1.165) is 24.1 Å². The minimum Gasteiger partial charge on any atom is -0.481 e. The lowest BCUT2D eigenvalue weighted by atomic mass is 10.1. The van der Waals surface area contributed by atoms with Gasteiger partial charge in [-0.05, 0) is 31.9 Å². The van der Waals surface area contributed by atoms with Crippen molar-refractivity contribution in [2.45, 2.75) is 39.2 Å². The summed E-state index contributed by atoms with van der Waals surface area (Å²) in [5.41, 5.74) is 1.92. The number of carboxylic acid groups (broad SMARTS) is 1. The Hall–Kier alpha value is -2.37. The molecule has 0 spiro atoms. The lowest BCUT2D eigenvalue weighted by Crippen LogP contribution is -2.42. The summed E-state index contributed by atoms with van der Waals surface area (Å²) >= 11 is 0. The van der Waals surface area contributed by atoms with Crippen LogP contribution in [0.5, 0.6) is 0 Å². The van der Waals surface area contributed by atoms with E-state index in [4.69, 9.17) is 5.11 Å². The summed E-state index contributed by atoms with van der Waals surface area (Å²) in [5.74, 6) is -2.03. The number of aliphatic carboxylic acids is 1. The summed E-state index contributed by atoms with van der Waals surface area (Å²) in [5, 5.41) is 9.14. The molecule has 1 aromatic rings. The lowest BCUT2D eigenvalue weighted by molar-refractivity contribution is -0.144. The van der Waals surface area contributed by atoms with Crippen LogP contribution in [0, 0.1) is 18.8 Å². The molecule has 134 valence electrons. The average molecular weight is 344 g/mol. The second-order valence-electron chi connectivity index (χ2n) is 7.20. The quantitative estimate of drug-likeness (QED) is 0.857. The first-order chi connectivity index (χ1) is 11.9. The molecule has 1 saturated heterocycles. The van der Waals surface area contributed by atoms with Gasteiger partial charge in [0.25, 0.3) is 0 Å². The average Bonchev–Trinajstić information content (AvgIpc) is 3.34. The number of hydrogen-bond donors (Lipinski definition) is 1. The Labute approximate surface area is 147 Å². The molecule has 25 heavy (non-hydrogen) atoms. The largest absolute Gasteiger partial charge is 0.481 e. The van der Waals surface area contributed by atoms with Gasteiger partial charge in [-0.3, -0.25) is 14.4 Å². The molecule has 6 heteroatoms. The number of hydrogen-bond acceptors (Lipinski definition) is 3. The smallest absolute Gasteiger partial charge is 0.308 e. The topological polar surface area (TPSA) is 77.9 Å². The van der Waals surface area contributed by atoms with Crippen LogP contribution in [-0.2, 0) is 14.4 Å². The van der Waals surface area contributed by atoms with Crippen molar-refractivity contribution in [3.63, 3.8) is 0 Å². The number of carbonyl (C=O) groups excluding carboxylic acids is 2. The van der Waals surface area contributed by atoms with Gasteiger partial charge in [-0.1, -0.05) is 24.6 Å². The van der Waals surface area contributed by atoms with Gasteiger partial charge < -0.3 is 14.9 Å². The molecule has 3 rings (SSSR count). The molecule has 6 nitrogen and oxygen atoms in total. The Morgan fingerprint density at radius 2 is 1.92 bits per heavy atom. The van der Waals surface area contributed by atoms with E-state index in [9.17, 15) is 14.4 Å². The maximum Gasteiger partial charge on any atom is 0.308 e. The van der Waals surface area contributed by atoms with E-state index in [2.05, 4.69) is 0 Å². The van der Waals surface area contributed by atoms with Gasteiger partial charge in [0.05, 0.1) is 11.8 Å². The summed E-state index contributed by atoms with van der Waals surface area (Å²) in [6.07, 6.45) is 2.03. The van der Waals surface area contributed by atoms with E-state index in [-0.39, 0.29) is 30.8 Å². The second kappa shape index (κ2) is 6.86. The van der Waals surface area contributed by atoms with Crippen molar-refractivity contribution in [2.24, 2.45) is 11.8 Å². The summed E-state index contributed by atoms with van der Waals surface area (Å²) in [7, 11) is 0. The number of benzene rings is 1. The van der Waals surface area contributed by atoms with Crippen molar-refractivity contribution >= 4 is 23.5 Å². The number of nitrogens with zero attached hydrogens (tertiary/aromatic N) is 2. The molecule has 1 N–H and O–H groups in total. The minimum absolute atomic E-state index is 0.0516. The number of amides is 2. The summed E-state index contributed by atoms with van der Waals surface area (Å²) in [4.78, 5) is 39.8. The third-order valence-corrected chi connectivity index (χ3v) is 4.98. The number of aryl methyl sites for hydroxylation is 1. The van der Waals surface area contributed by atoms with Gasteiger partial charge in [0, 0.05) is 31.2 Å². The van der Waals surface area contributed by atoms with Gasteiger partial charge in [0.15, 0.2) is 0 Å². The van der Waals surface area contributed by atoms with Gasteiger partial charge >= 0.3 is 5.97 Å². The van der Waals surface area contributed by atoms with Crippen LogP contribution in [0.3, 0.4) is 0 Å². The zero-order chi connectivity index (χ0) is 18.1. The Balaban J connectivity index is 1.70. The maximum atomic E-state index is 12.9. The molecule has 1 aliphatic heterocycles. The fourth-order valence-electron chi connectivity index (χ4n) is 3.26. The van der Waals surface area contributed by atoms with Crippen molar-refractivity contribution in [1.82, 2.24) is 4.90 Å². The van der Waals surface area contributed by atoms with Crippen molar-refractivity contribution in [2.75, 3.05) is 18.0 Å². The normalized spacial score (nSPS) is 21.3. The Kier molecular flexibility index (Phi) is 4.79. The highest BCUT2D eigenvalue weighted by Gasteiger charge is 2.42. The molecule has 2 aliphatic rings. The highest BCUT2D eigenvalue weighted by atomic mass is 16.4. The standard InChI is InChI=1S/C19H24N2O4/c1-12-3-5-15(6-4-12)20-11-14(9-17(20)22)18(23)21(16-7-8-16)10-13(2)19(24)25/h3-6,13-14,16H,7-11H2,1-2H3,(H,24,25). The van der Waals surface area contributed by atoms with E-state index >= 15 is 0 Å². The van der Waals surface area contributed by atoms with E-state index in [0.29, 0.717) is 6.54 Å². The molecular weight excluding hydrogens is 320 g/mol. The molecule has 0 bridgehead atoms. The first-order valence-electron chi connectivity index (χ1n) is 8.77. The first-order valence-corrected chi connectivity index (χ1v) is 8.77. The van der Waals surface area contributed by atoms with Crippen molar-refractivity contribution < 1.29 is 19.5 Å². The number of carboxylic acids is 1. The van der Waals surface area contributed by atoms with Crippen LogP contribution in [0.4, 0.5) is 5.69 Å². The highest BCUT2D eigenvalue weighted by Crippen LogP contribution is 2.32. The predicted molar refractivity (Wildman–Crippen MR) is 93.2 cm³/mol. The SMILES string of the molecule is Cc1ccc(N2CC(C(=O)N(CC(C)C(=O)O)C3CC3)CC2=O)cc1. The maximum absolute atomic E-state index is 12.9. The van der Waals surface area contributed by atoms with E-state index < -0.39 is 17.8 Å². The van der Waals surface area contributed by atoms with Gasteiger partial charge in [-0.15, -0.1) is 0 Å². The zero-order valence-corrected chi connectivity index (χ0v) is 14.6.